The first kappa shape index (κ1) is 15.2. The summed E-state index contributed by atoms with van der Waals surface area (Å²) in [5, 5.41) is 10.1. The molecule has 1 heterocycles. The third-order valence-electron chi connectivity index (χ3n) is 2.95. The van der Waals surface area contributed by atoms with Crippen molar-refractivity contribution in [1.29, 1.82) is 0 Å². The fourth-order valence-electron chi connectivity index (χ4n) is 1.92. The van der Waals surface area contributed by atoms with Crippen LogP contribution in [0, 0.1) is 0 Å². The monoisotopic (exact) mass is 287 g/mol. The summed E-state index contributed by atoms with van der Waals surface area (Å²) in [5.41, 5.74) is 1.53. The predicted octanol–water partition coefficient (Wildman–Crippen LogP) is 2.10. The van der Waals surface area contributed by atoms with E-state index in [-0.39, 0.29) is 11.8 Å². The zero-order valence-corrected chi connectivity index (χ0v) is 12.8. The number of carbonyl (C=O) groups is 1. The van der Waals surface area contributed by atoms with E-state index in [1.807, 2.05) is 43.3 Å². The van der Waals surface area contributed by atoms with E-state index in [1.54, 1.807) is 0 Å². The minimum atomic E-state index is -0.0629. The number of para-hydroxylation sites is 1. The van der Waals surface area contributed by atoms with Crippen LogP contribution in [0.4, 0.5) is 5.69 Å². The maximum atomic E-state index is 11.9. The number of H-pyrrole nitrogens is 1. The van der Waals surface area contributed by atoms with Crippen molar-refractivity contribution in [2.75, 3.05) is 26.0 Å². The fraction of sp³-hybridized carbons (Fsp3) is 0.400. The Balaban J connectivity index is 2.25. The molecule has 2 aromatic rings. The van der Waals surface area contributed by atoms with Gasteiger partial charge in [0.25, 0.3) is 0 Å². The van der Waals surface area contributed by atoms with Crippen LogP contribution in [0.1, 0.15) is 25.6 Å². The smallest absolute Gasteiger partial charge is 0.238 e. The van der Waals surface area contributed by atoms with Crippen molar-refractivity contribution >= 4 is 11.6 Å². The van der Waals surface area contributed by atoms with E-state index >= 15 is 0 Å². The molecule has 0 bridgehead atoms. The number of likely N-dealkylation sites (N-methyl/N-ethyl adjacent to an activating group) is 1. The highest BCUT2D eigenvalue weighted by molar-refractivity contribution is 5.95. The van der Waals surface area contributed by atoms with Crippen LogP contribution in [-0.4, -0.2) is 46.6 Å². The Kier molecular flexibility index (Phi) is 4.70. The Hall–Kier alpha value is -2.21. The second-order valence-corrected chi connectivity index (χ2v) is 5.53. The molecular weight excluding hydrogens is 266 g/mol. The molecule has 0 aliphatic rings. The van der Waals surface area contributed by atoms with Crippen molar-refractivity contribution in [2.45, 2.75) is 19.8 Å². The van der Waals surface area contributed by atoms with Crippen LogP contribution in [0.3, 0.4) is 0 Å². The fourth-order valence-corrected chi connectivity index (χ4v) is 1.92. The molecule has 0 spiro atoms. The molecule has 6 heteroatoms. The number of hydrogen-bond donors (Lipinski definition) is 2. The quantitative estimate of drug-likeness (QED) is 0.883. The summed E-state index contributed by atoms with van der Waals surface area (Å²) in [6, 6.07) is 7.54. The summed E-state index contributed by atoms with van der Waals surface area (Å²) in [4.78, 5) is 18.2. The largest absolute Gasteiger partial charge is 0.324 e. The molecule has 0 aliphatic heterocycles. The number of amides is 1. The van der Waals surface area contributed by atoms with Crippen LogP contribution < -0.4 is 5.32 Å². The van der Waals surface area contributed by atoms with Crippen molar-refractivity contribution < 1.29 is 4.79 Å². The number of nitrogens with one attached hydrogen (secondary N) is 2. The highest BCUT2D eigenvalue weighted by Crippen LogP contribution is 2.25. The van der Waals surface area contributed by atoms with Crippen LogP contribution in [0.25, 0.3) is 11.4 Å². The second kappa shape index (κ2) is 6.49. The van der Waals surface area contributed by atoms with Gasteiger partial charge in [0.2, 0.25) is 5.91 Å². The lowest BCUT2D eigenvalue weighted by molar-refractivity contribution is -0.116. The zero-order chi connectivity index (χ0) is 15.4. The number of anilines is 1. The first-order valence-corrected chi connectivity index (χ1v) is 6.93. The number of nitrogens with zero attached hydrogens (tertiary/aromatic N) is 3. The number of carbonyl (C=O) groups excluding carboxylic acids is 1. The number of rotatable bonds is 5. The van der Waals surface area contributed by atoms with Crippen molar-refractivity contribution in [3.63, 3.8) is 0 Å². The summed E-state index contributed by atoms with van der Waals surface area (Å²) in [6.45, 7) is 4.43. The summed E-state index contributed by atoms with van der Waals surface area (Å²) in [7, 11) is 3.71. The Morgan fingerprint density at radius 1 is 1.33 bits per heavy atom. The molecule has 2 rings (SSSR count). The first-order chi connectivity index (χ1) is 9.97. The Bertz CT molecular complexity index is 618. The zero-order valence-electron chi connectivity index (χ0n) is 12.8. The average Bonchev–Trinajstić information content (AvgIpc) is 2.88. The van der Waals surface area contributed by atoms with Gasteiger partial charge in [0.15, 0.2) is 5.82 Å². The van der Waals surface area contributed by atoms with Crippen LogP contribution in [0.2, 0.25) is 0 Å². The molecule has 0 unspecified atom stereocenters. The van der Waals surface area contributed by atoms with Gasteiger partial charge in [-0.15, -0.1) is 0 Å². The average molecular weight is 287 g/mol. The van der Waals surface area contributed by atoms with Crippen molar-refractivity contribution in [3.05, 3.63) is 30.1 Å². The summed E-state index contributed by atoms with van der Waals surface area (Å²) in [5.74, 6) is 1.65. The molecule has 0 fully saturated rings. The second-order valence-electron chi connectivity index (χ2n) is 5.53. The van der Waals surface area contributed by atoms with E-state index < -0.39 is 0 Å². The van der Waals surface area contributed by atoms with Gasteiger partial charge in [-0.2, -0.15) is 5.10 Å². The molecule has 21 heavy (non-hydrogen) atoms. The van der Waals surface area contributed by atoms with Crippen LogP contribution >= 0.6 is 0 Å². The van der Waals surface area contributed by atoms with Crippen molar-refractivity contribution in [1.82, 2.24) is 20.1 Å². The standard InChI is InChI=1S/C15H21N5O/c1-10(2)14-17-15(19-18-14)11-7-5-6-8-12(11)16-13(21)9-20(3)4/h5-8,10H,9H2,1-4H3,(H,16,21)(H,17,18,19). The Labute approximate surface area is 124 Å². The minimum Gasteiger partial charge on any atom is -0.324 e. The number of benzene rings is 1. The van der Waals surface area contributed by atoms with Gasteiger partial charge in [0.1, 0.15) is 5.82 Å². The molecule has 0 radical (unpaired) electrons. The minimum absolute atomic E-state index is 0.0629. The lowest BCUT2D eigenvalue weighted by atomic mass is 10.1. The number of aromatic amines is 1. The topological polar surface area (TPSA) is 73.9 Å². The third kappa shape index (κ3) is 3.88. The van der Waals surface area contributed by atoms with Gasteiger partial charge in [-0.25, -0.2) is 4.98 Å². The number of hydrogen-bond acceptors (Lipinski definition) is 4. The molecule has 0 saturated heterocycles. The summed E-state index contributed by atoms with van der Waals surface area (Å²) < 4.78 is 0. The maximum Gasteiger partial charge on any atom is 0.238 e. The summed E-state index contributed by atoms with van der Waals surface area (Å²) in [6.07, 6.45) is 0. The molecule has 2 N–H and O–H groups in total. The van der Waals surface area contributed by atoms with E-state index in [0.29, 0.717) is 12.4 Å². The predicted molar refractivity (Wildman–Crippen MR) is 83.1 cm³/mol. The lowest BCUT2D eigenvalue weighted by Gasteiger charge is -2.12. The van der Waals surface area contributed by atoms with Gasteiger partial charge in [0.05, 0.1) is 12.2 Å². The first-order valence-electron chi connectivity index (χ1n) is 6.93. The molecule has 1 aromatic carbocycles. The molecule has 0 aliphatic carbocycles. The van der Waals surface area contributed by atoms with Crippen molar-refractivity contribution in [3.8, 4) is 11.4 Å². The van der Waals surface area contributed by atoms with Crippen molar-refractivity contribution in [2.24, 2.45) is 0 Å². The SMILES string of the molecule is CC(C)c1nc(-c2ccccc2NC(=O)CN(C)C)n[nH]1. The van der Waals surface area contributed by atoms with Gasteiger partial charge in [-0.05, 0) is 26.2 Å². The Morgan fingerprint density at radius 2 is 2.05 bits per heavy atom. The van der Waals surface area contributed by atoms with Crippen LogP contribution in [-0.2, 0) is 4.79 Å². The van der Waals surface area contributed by atoms with E-state index in [2.05, 4.69) is 34.3 Å². The molecule has 6 nitrogen and oxygen atoms in total. The Morgan fingerprint density at radius 3 is 2.67 bits per heavy atom. The maximum absolute atomic E-state index is 11.9. The van der Waals surface area contributed by atoms with E-state index in [0.717, 1.165) is 17.1 Å². The van der Waals surface area contributed by atoms with Gasteiger partial charge in [0, 0.05) is 11.5 Å². The van der Waals surface area contributed by atoms with Crippen LogP contribution in [0.15, 0.2) is 24.3 Å². The van der Waals surface area contributed by atoms with Gasteiger partial charge in [-0.3, -0.25) is 9.89 Å². The highest BCUT2D eigenvalue weighted by Gasteiger charge is 2.13. The van der Waals surface area contributed by atoms with Gasteiger partial charge >= 0.3 is 0 Å². The molecule has 1 aromatic heterocycles. The number of aromatic nitrogens is 3. The molecule has 0 saturated carbocycles. The van der Waals surface area contributed by atoms with Gasteiger partial charge in [-0.1, -0.05) is 26.0 Å². The normalized spacial score (nSPS) is 11.1. The van der Waals surface area contributed by atoms with E-state index in [1.165, 1.54) is 0 Å². The highest BCUT2D eigenvalue weighted by atomic mass is 16.2. The van der Waals surface area contributed by atoms with Crippen LogP contribution in [0.5, 0.6) is 0 Å². The van der Waals surface area contributed by atoms with E-state index in [9.17, 15) is 4.79 Å². The molecule has 112 valence electrons. The molecular formula is C15H21N5O. The third-order valence-corrected chi connectivity index (χ3v) is 2.95. The molecule has 0 atom stereocenters. The van der Waals surface area contributed by atoms with E-state index in [4.69, 9.17) is 0 Å². The molecule has 1 amide bonds. The lowest BCUT2D eigenvalue weighted by Crippen LogP contribution is -2.27. The summed E-state index contributed by atoms with van der Waals surface area (Å²) >= 11 is 0. The van der Waals surface area contributed by atoms with Gasteiger partial charge < -0.3 is 10.2 Å².